The average molecular weight is 474 g/mol. The minimum Gasteiger partial charge on any atom is -0.438 e. The molecule has 0 fully saturated rings. The predicted molar refractivity (Wildman–Crippen MR) is 116 cm³/mol. The Balaban J connectivity index is 1.60. The van der Waals surface area contributed by atoms with Crippen LogP contribution in [-0.4, -0.2) is 16.6 Å². The number of ether oxygens (including phenoxy) is 1. The SMILES string of the molecule is Cc1onc(-c2ccccc2)c1N(C=O)c1ccc(Oc2ncc(C(F)(F)F)cc2Cl)cc1. The number of carbonyl (C=O) groups excluding carboxylic acids is 1. The number of amides is 1. The first-order valence-electron chi connectivity index (χ1n) is 9.55. The summed E-state index contributed by atoms with van der Waals surface area (Å²) in [5.41, 5.74) is 1.28. The van der Waals surface area contributed by atoms with Gasteiger partial charge in [-0.1, -0.05) is 47.1 Å². The first-order chi connectivity index (χ1) is 15.8. The van der Waals surface area contributed by atoms with Crippen LogP contribution in [0, 0.1) is 6.92 Å². The van der Waals surface area contributed by atoms with Gasteiger partial charge in [0, 0.05) is 17.4 Å². The molecule has 1 amide bonds. The molecule has 4 rings (SSSR count). The van der Waals surface area contributed by atoms with Crippen molar-refractivity contribution in [3.63, 3.8) is 0 Å². The van der Waals surface area contributed by atoms with E-state index in [0.717, 1.165) is 11.6 Å². The van der Waals surface area contributed by atoms with E-state index in [0.29, 0.717) is 35.4 Å². The van der Waals surface area contributed by atoms with Gasteiger partial charge in [0.2, 0.25) is 12.3 Å². The number of halogens is 4. The minimum atomic E-state index is -4.56. The third-order valence-corrected chi connectivity index (χ3v) is 4.96. The maximum absolute atomic E-state index is 12.8. The molecule has 0 atom stereocenters. The van der Waals surface area contributed by atoms with E-state index < -0.39 is 11.7 Å². The third kappa shape index (κ3) is 4.68. The molecule has 0 aliphatic heterocycles. The number of alkyl halides is 3. The summed E-state index contributed by atoms with van der Waals surface area (Å²) in [6, 6.07) is 16.3. The molecule has 0 saturated carbocycles. The van der Waals surface area contributed by atoms with Gasteiger partial charge >= 0.3 is 6.18 Å². The maximum atomic E-state index is 12.8. The van der Waals surface area contributed by atoms with Crippen molar-refractivity contribution >= 4 is 29.4 Å². The first-order valence-corrected chi connectivity index (χ1v) is 9.92. The Morgan fingerprint density at radius 2 is 1.79 bits per heavy atom. The second-order valence-electron chi connectivity index (χ2n) is 6.88. The lowest BCUT2D eigenvalue weighted by atomic mass is 10.1. The van der Waals surface area contributed by atoms with E-state index in [1.807, 2.05) is 30.3 Å². The van der Waals surface area contributed by atoms with Gasteiger partial charge in [-0.3, -0.25) is 9.69 Å². The normalized spacial score (nSPS) is 11.3. The van der Waals surface area contributed by atoms with Crippen LogP contribution in [0.4, 0.5) is 24.5 Å². The largest absolute Gasteiger partial charge is 0.438 e. The number of anilines is 2. The molecule has 168 valence electrons. The van der Waals surface area contributed by atoms with E-state index in [1.165, 1.54) is 17.0 Å². The Labute approximate surface area is 191 Å². The van der Waals surface area contributed by atoms with Crippen LogP contribution in [0.3, 0.4) is 0 Å². The van der Waals surface area contributed by atoms with Crippen molar-refractivity contribution in [1.29, 1.82) is 0 Å². The van der Waals surface area contributed by atoms with Gasteiger partial charge in [0.1, 0.15) is 22.2 Å². The Bertz CT molecular complexity index is 1280. The van der Waals surface area contributed by atoms with Crippen LogP contribution in [0.5, 0.6) is 11.6 Å². The van der Waals surface area contributed by atoms with E-state index in [1.54, 1.807) is 19.1 Å². The molecule has 2 aromatic heterocycles. The topological polar surface area (TPSA) is 68.5 Å². The van der Waals surface area contributed by atoms with E-state index in [-0.39, 0.29) is 16.7 Å². The second-order valence-corrected chi connectivity index (χ2v) is 7.29. The summed E-state index contributed by atoms with van der Waals surface area (Å²) >= 11 is 5.89. The zero-order valence-corrected chi connectivity index (χ0v) is 17.8. The lowest BCUT2D eigenvalue weighted by molar-refractivity contribution is -0.137. The summed E-state index contributed by atoms with van der Waals surface area (Å²) in [5, 5.41) is 3.80. The highest BCUT2D eigenvalue weighted by Crippen LogP contribution is 2.38. The highest BCUT2D eigenvalue weighted by Gasteiger charge is 2.32. The van der Waals surface area contributed by atoms with Gasteiger partial charge in [0.25, 0.3) is 0 Å². The van der Waals surface area contributed by atoms with Gasteiger partial charge in [0.15, 0.2) is 5.76 Å². The van der Waals surface area contributed by atoms with Crippen molar-refractivity contribution in [3.05, 3.63) is 83.2 Å². The van der Waals surface area contributed by atoms with E-state index in [2.05, 4.69) is 10.1 Å². The molecule has 4 aromatic rings. The van der Waals surface area contributed by atoms with E-state index >= 15 is 0 Å². The Kier molecular flexibility index (Phi) is 6.06. The zero-order chi connectivity index (χ0) is 23.6. The molecular formula is C23H15ClF3N3O3. The zero-order valence-electron chi connectivity index (χ0n) is 17.0. The fraction of sp³-hybridized carbons (Fsp3) is 0.0870. The molecule has 2 aromatic carbocycles. The van der Waals surface area contributed by atoms with Crippen molar-refractivity contribution in [2.75, 3.05) is 4.90 Å². The molecule has 2 heterocycles. The lowest BCUT2D eigenvalue weighted by Gasteiger charge is -2.18. The molecule has 33 heavy (non-hydrogen) atoms. The highest BCUT2D eigenvalue weighted by molar-refractivity contribution is 6.31. The van der Waals surface area contributed by atoms with Gasteiger partial charge in [-0.05, 0) is 37.3 Å². The fourth-order valence-electron chi connectivity index (χ4n) is 3.12. The van der Waals surface area contributed by atoms with Crippen molar-refractivity contribution in [3.8, 4) is 22.9 Å². The van der Waals surface area contributed by atoms with E-state index in [9.17, 15) is 18.0 Å². The molecule has 0 bridgehead atoms. The summed E-state index contributed by atoms with van der Waals surface area (Å²) in [5.74, 6) is 0.539. The van der Waals surface area contributed by atoms with Crippen LogP contribution in [0.15, 0.2) is 71.4 Å². The number of benzene rings is 2. The average Bonchev–Trinajstić information content (AvgIpc) is 3.18. The Hall–Kier alpha value is -3.85. The third-order valence-electron chi connectivity index (χ3n) is 4.69. The number of hydrogen-bond acceptors (Lipinski definition) is 5. The number of aromatic nitrogens is 2. The quantitative estimate of drug-likeness (QED) is 0.288. The Morgan fingerprint density at radius 1 is 1.09 bits per heavy atom. The van der Waals surface area contributed by atoms with Crippen LogP contribution in [0.2, 0.25) is 5.02 Å². The van der Waals surface area contributed by atoms with Crippen molar-refractivity contribution in [2.24, 2.45) is 0 Å². The van der Waals surface area contributed by atoms with Crippen LogP contribution < -0.4 is 9.64 Å². The first kappa shape index (κ1) is 22.3. The molecule has 0 radical (unpaired) electrons. The Morgan fingerprint density at radius 3 is 2.39 bits per heavy atom. The summed E-state index contributed by atoms with van der Waals surface area (Å²) in [6.07, 6.45) is -3.28. The number of carbonyl (C=O) groups is 1. The predicted octanol–water partition coefficient (Wildman–Crippen LogP) is 6.80. The molecule has 10 heteroatoms. The number of aryl methyl sites for hydroxylation is 1. The monoisotopic (exact) mass is 473 g/mol. The van der Waals surface area contributed by atoms with Crippen molar-refractivity contribution in [2.45, 2.75) is 13.1 Å². The standard InChI is InChI=1S/C23H15ClF3N3O3/c1-14-21(20(29-33-14)15-5-3-2-4-6-15)30(13-31)17-7-9-18(10-8-17)32-22-19(24)11-16(12-28-22)23(25,26)27/h2-13H,1H3. The summed E-state index contributed by atoms with van der Waals surface area (Å²) < 4.78 is 49.2. The van der Waals surface area contributed by atoms with Crippen LogP contribution >= 0.6 is 11.6 Å². The smallest absolute Gasteiger partial charge is 0.417 e. The number of pyridine rings is 1. The van der Waals surface area contributed by atoms with E-state index in [4.69, 9.17) is 20.9 Å². The van der Waals surface area contributed by atoms with Gasteiger partial charge in [-0.2, -0.15) is 13.2 Å². The van der Waals surface area contributed by atoms with Crippen LogP contribution in [0.25, 0.3) is 11.3 Å². The molecule has 0 aliphatic carbocycles. The van der Waals surface area contributed by atoms with Gasteiger partial charge in [0.05, 0.1) is 5.56 Å². The van der Waals surface area contributed by atoms with Gasteiger partial charge < -0.3 is 9.26 Å². The molecule has 6 nitrogen and oxygen atoms in total. The van der Waals surface area contributed by atoms with Crippen molar-refractivity contribution < 1.29 is 27.2 Å². The molecule has 0 N–H and O–H groups in total. The molecular weight excluding hydrogens is 459 g/mol. The summed E-state index contributed by atoms with van der Waals surface area (Å²) in [7, 11) is 0. The number of rotatable bonds is 6. The molecule has 0 saturated heterocycles. The lowest BCUT2D eigenvalue weighted by Crippen LogP contribution is -2.15. The molecule has 0 spiro atoms. The minimum absolute atomic E-state index is 0.175. The van der Waals surface area contributed by atoms with Crippen molar-refractivity contribution in [1.82, 2.24) is 10.1 Å². The summed E-state index contributed by atoms with van der Waals surface area (Å²) in [4.78, 5) is 17.0. The van der Waals surface area contributed by atoms with Gasteiger partial charge in [-0.15, -0.1) is 0 Å². The van der Waals surface area contributed by atoms with Crippen LogP contribution in [0.1, 0.15) is 11.3 Å². The molecule has 0 aliphatic rings. The number of nitrogens with zero attached hydrogens (tertiary/aromatic N) is 3. The summed E-state index contributed by atoms with van der Waals surface area (Å²) in [6.45, 7) is 1.70. The molecule has 0 unspecified atom stereocenters. The number of hydrogen-bond donors (Lipinski definition) is 0. The van der Waals surface area contributed by atoms with Gasteiger partial charge in [-0.25, -0.2) is 4.98 Å². The highest BCUT2D eigenvalue weighted by atomic mass is 35.5. The fourth-order valence-corrected chi connectivity index (χ4v) is 3.33. The second kappa shape index (κ2) is 8.95. The maximum Gasteiger partial charge on any atom is 0.417 e. The van der Waals surface area contributed by atoms with Crippen LogP contribution in [-0.2, 0) is 11.0 Å².